The van der Waals surface area contributed by atoms with Gasteiger partial charge in [-0.25, -0.2) is 0 Å². The SMILES string of the molecule is COCC(=O)CN(CCC#N)C(C)C. The number of methoxy groups -OCH3 is 1. The van der Waals surface area contributed by atoms with E-state index in [9.17, 15) is 4.79 Å². The lowest BCUT2D eigenvalue weighted by atomic mass is 10.2. The minimum Gasteiger partial charge on any atom is -0.377 e. The van der Waals surface area contributed by atoms with Gasteiger partial charge in [0.2, 0.25) is 0 Å². The number of carbonyl (C=O) groups excluding carboxylic acids is 1. The van der Waals surface area contributed by atoms with Crippen molar-refractivity contribution in [3.8, 4) is 6.07 Å². The predicted molar refractivity (Wildman–Crippen MR) is 53.8 cm³/mol. The maximum absolute atomic E-state index is 11.3. The second-order valence-corrected chi connectivity index (χ2v) is 3.44. The molecule has 0 heterocycles. The molecule has 0 aliphatic carbocycles. The quantitative estimate of drug-likeness (QED) is 0.608. The van der Waals surface area contributed by atoms with Crippen molar-refractivity contribution in [2.24, 2.45) is 0 Å². The zero-order valence-corrected chi connectivity index (χ0v) is 9.12. The Morgan fingerprint density at radius 2 is 2.21 bits per heavy atom. The lowest BCUT2D eigenvalue weighted by molar-refractivity contribution is -0.124. The fourth-order valence-electron chi connectivity index (χ4n) is 1.15. The van der Waals surface area contributed by atoms with Crippen molar-refractivity contribution < 1.29 is 9.53 Å². The van der Waals surface area contributed by atoms with Crippen molar-refractivity contribution >= 4 is 5.78 Å². The molecule has 4 nitrogen and oxygen atoms in total. The van der Waals surface area contributed by atoms with Gasteiger partial charge in [-0.1, -0.05) is 0 Å². The summed E-state index contributed by atoms with van der Waals surface area (Å²) in [5.41, 5.74) is 0. The molecule has 0 aliphatic heterocycles. The number of nitriles is 1. The average Bonchev–Trinajstić information content (AvgIpc) is 2.12. The Hall–Kier alpha value is -0.920. The number of rotatable bonds is 7. The summed E-state index contributed by atoms with van der Waals surface area (Å²) in [6.07, 6.45) is 0.457. The van der Waals surface area contributed by atoms with Gasteiger partial charge in [0.15, 0.2) is 5.78 Å². The van der Waals surface area contributed by atoms with E-state index in [2.05, 4.69) is 6.07 Å². The summed E-state index contributed by atoms with van der Waals surface area (Å²) in [6, 6.07) is 2.36. The number of carbonyl (C=O) groups is 1. The summed E-state index contributed by atoms with van der Waals surface area (Å²) in [5, 5.41) is 8.45. The Labute approximate surface area is 85.5 Å². The second kappa shape index (κ2) is 7.48. The topological polar surface area (TPSA) is 53.3 Å². The van der Waals surface area contributed by atoms with Gasteiger partial charge in [0.1, 0.15) is 6.61 Å². The van der Waals surface area contributed by atoms with Gasteiger partial charge in [0, 0.05) is 26.1 Å². The van der Waals surface area contributed by atoms with Crippen LogP contribution in [0.2, 0.25) is 0 Å². The van der Waals surface area contributed by atoms with Gasteiger partial charge >= 0.3 is 0 Å². The van der Waals surface area contributed by atoms with E-state index in [4.69, 9.17) is 10.00 Å². The van der Waals surface area contributed by atoms with Crippen LogP contribution < -0.4 is 0 Å². The molecule has 0 saturated heterocycles. The van der Waals surface area contributed by atoms with Crippen LogP contribution >= 0.6 is 0 Å². The van der Waals surface area contributed by atoms with Crippen molar-refractivity contribution in [1.29, 1.82) is 5.26 Å². The summed E-state index contributed by atoms with van der Waals surface area (Å²) in [5.74, 6) is 0.0548. The molecule has 0 fully saturated rings. The minimum atomic E-state index is 0.0548. The van der Waals surface area contributed by atoms with Crippen LogP contribution in [0.1, 0.15) is 20.3 Å². The fraction of sp³-hybridized carbons (Fsp3) is 0.800. The first kappa shape index (κ1) is 13.1. The fourth-order valence-corrected chi connectivity index (χ4v) is 1.15. The molecule has 0 aliphatic rings. The monoisotopic (exact) mass is 198 g/mol. The second-order valence-electron chi connectivity index (χ2n) is 3.44. The zero-order valence-electron chi connectivity index (χ0n) is 9.12. The Kier molecular flexibility index (Phi) is 6.99. The van der Waals surface area contributed by atoms with E-state index in [0.717, 1.165) is 0 Å². The first-order chi connectivity index (χ1) is 6.61. The molecule has 0 spiro atoms. The van der Waals surface area contributed by atoms with Crippen molar-refractivity contribution in [2.45, 2.75) is 26.3 Å². The van der Waals surface area contributed by atoms with Gasteiger partial charge in [-0.05, 0) is 13.8 Å². The first-order valence-corrected chi connectivity index (χ1v) is 4.73. The zero-order chi connectivity index (χ0) is 11.0. The van der Waals surface area contributed by atoms with Gasteiger partial charge in [-0.15, -0.1) is 0 Å². The van der Waals surface area contributed by atoms with E-state index < -0.39 is 0 Å². The highest BCUT2D eigenvalue weighted by Crippen LogP contribution is 1.99. The molecule has 0 atom stereocenters. The number of hydrogen-bond acceptors (Lipinski definition) is 4. The van der Waals surface area contributed by atoms with Gasteiger partial charge in [0.05, 0.1) is 12.6 Å². The molecule has 0 aromatic rings. The average molecular weight is 198 g/mol. The molecule has 80 valence electrons. The highest BCUT2D eigenvalue weighted by molar-refractivity contribution is 5.81. The minimum absolute atomic E-state index is 0.0548. The molecular formula is C10H18N2O2. The van der Waals surface area contributed by atoms with Crippen molar-refractivity contribution in [1.82, 2.24) is 4.90 Å². The van der Waals surface area contributed by atoms with Crippen LogP contribution in [0, 0.1) is 11.3 Å². The summed E-state index contributed by atoms with van der Waals surface area (Å²) in [4.78, 5) is 13.2. The van der Waals surface area contributed by atoms with Crippen molar-refractivity contribution in [3.63, 3.8) is 0 Å². The van der Waals surface area contributed by atoms with Gasteiger partial charge in [-0.3, -0.25) is 9.69 Å². The van der Waals surface area contributed by atoms with E-state index in [1.165, 1.54) is 7.11 Å². The number of ketones is 1. The number of nitrogens with zero attached hydrogens (tertiary/aromatic N) is 2. The summed E-state index contributed by atoms with van der Waals surface area (Å²) >= 11 is 0. The van der Waals surface area contributed by atoms with E-state index in [1.54, 1.807) is 0 Å². The van der Waals surface area contributed by atoms with Crippen LogP contribution in [0.15, 0.2) is 0 Å². The third-order valence-corrected chi connectivity index (χ3v) is 1.93. The summed E-state index contributed by atoms with van der Waals surface area (Å²) < 4.78 is 4.75. The normalized spacial score (nSPS) is 10.6. The Morgan fingerprint density at radius 3 is 2.64 bits per heavy atom. The molecule has 0 amide bonds. The molecule has 0 aromatic carbocycles. The summed E-state index contributed by atoms with van der Waals surface area (Å²) in [7, 11) is 1.51. The van der Waals surface area contributed by atoms with E-state index in [1.807, 2.05) is 18.7 Å². The van der Waals surface area contributed by atoms with E-state index in [-0.39, 0.29) is 18.4 Å². The molecule has 0 unspecified atom stereocenters. The molecule has 0 saturated carbocycles. The van der Waals surface area contributed by atoms with Crippen LogP contribution in [0.4, 0.5) is 0 Å². The predicted octanol–water partition coefficient (Wildman–Crippen LogP) is 0.826. The highest BCUT2D eigenvalue weighted by Gasteiger charge is 2.12. The largest absolute Gasteiger partial charge is 0.377 e. The molecule has 14 heavy (non-hydrogen) atoms. The lowest BCUT2D eigenvalue weighted by Crippen LogP contribution is -2.37. The highest BCUT2D eigenvalue weighted by atomic mass is 16.5. The van der Waals surface area contributed by atoms with Crippen LogP contribution in [0.3, 0.4) is 0 Å². The molecule has 0 N–H and O–H groups in total. The Bertz CT molecular complexity index is 209. The van der Waals surface area contributed by atoms with Crippen LogP contribution in [0.25, 0.3) is 0 Å². The third kappa shape index (κ3) is 5.68. The standard InChI is InChI=1S/C10H18N2O2/c1-9(2)12(6-4-5-11)7-10(13)8-14-3/h9H,4,6-8H2,1-3H3. The van der Waals surface area contributed by atoms with E-state index >= 15 is 0 Å². The molecule has 0 rings (SSSR count). The lowest BCUT2D eigenvalue weighted by Gasteiger charge is -2.24. The smallest absolute Gasteiger partial charge is 0.172 e. The van der Waals surface area contributed by atoms with Crippen LogP contribution in [0.5, 0.6) is 0 Å². The maximum Gasteiger partial charge on any atom is 0.172 e. The number of hydrogen-bond donors (Lipinski definition) is 0. The number of ether oxygens (including phenoxy) is 1. The number of Topliss-reactive ketones (excluding diaryl/α,β-unsaturated/α-hetero) is 1. The first-order valence-electron chi connectivity index (χ1n) is 4.73. The van der Waals surface area contributed by atoms with Crippen molar-refractivity contribution in [2.75, 3.05) is 26.8 Å². The molecule has 0 bridgehead atoms. The molecular weight excluding hydrogens is 180 g/mol. The molecule has 0 radical (unpaired) electrons. The maximum atomic E-state index is 11.3. The molecule has 0 aromatic heterocycles. The Morgan fingerprint density at radius 1 is 1.57 bits per heavy atom. The van der Waals surface area contributed by atoms with Crippen molar-refractivity contribution in [3.05, 3.63) is 0 Å². The third-order valence-electron chi connectivity index (χ3n) is 1.93. The van der Waals surface area contributed by atoms with Gasteiger partial charge in [0.25, 0.3) is 0 Å². The van der Waals surface area contributed by atoms with Gasteiger partial charge < -0.3 is 4.74 Å². The molecule has 4 heteroatoms. The van der Waals surface area contributed by atoms with E-state index in [0.29, 0.717) is 19.5 Å². The Balaban J connectivity index is 3.97. The van der Waals surface area contributed by atoms with Crippen LogP contribution in [-0.4, -0.2) is 43.5 Å². The summed E-state index contributed by atoms with van der Waals surface area (Å²) in [6.45, 7) is 5.18. The van der Waals surface area contributed by atoms with Crippen LogP contribution in [-0.2, 0) is 9.53 Å². The van der Waals surface area contributed by atoms with Gasteiger partial charge in [-0.2, -0.15) is 5.26 Å².